The molecule has 0 aliphatic heterocycles. The second-order valence-corrected chi connectivity index (χ2v) is 5.39. The van der Waals surface area contributed by atoms with Gasteiger partial charge in [-0.05, 0) is 18.6 Å². The first-order chi connectivity index (χ1) is 10.8. The predicted octanol–water partition coefficient (Wildman–Crippen LogP) is 3.96. The minimum absolute atomic E-state index is 0.513. The van der Waals surface area contributed by atoms with Gasteiger partial charge in [0.25, 0.3) is 0 Å². The summed E-state index contributed by atoms with van der Waals surface area (Å²) in [4.78, 5) is 4.66. The fourth-order valence-electron chi connectivity index (χ4n) is 2.90. The van der Waals surface area contributed by atoms with E-state index in [1.165, 1.54) is 10.9 Å². The molecular weight excluding hydrogens is 276 g/mol. The van der Waals surface area contributed by atoms with Crippen LogP contribution in [0.2, 0.25) is 0 Å². The molecule has 0 radical (unpaired) electrons. The van der Waals surface area contributed by atoms with E-state index >= 15 is 0 Å². The Kier molecular flexibility index (Phi) is 2.92. The van der Waals surface area contributed by atoms with Crippen LogP contribution in [0.1, 0.15) is 19.2 Å². The van der Waals surface area contributed by atoms with Crippen LogP contribution in [0.25, 0.3) is 33.4 Å². The summed E-state index contributed by atoms with van der Waals surface area (Å²) in [5.74, 6) is 1.07. The maximum absolute atomic E-state index is 5.52. The van der Waals surface area contributed by atoms with Gasteiger partial charge in [-0.3, -0.25) is 0 Å². The number of hydrogen-bond donors (Lipinski definition) is 0. The van der Waals surface area contributed by atoms with Crippen molar-refractivity contribution in [1.82, 2.24) is 19.7 Å². The van der Waals surface area contributed by atoms with Gasteiger partial charge in [-0.25, -0.2) is 4.98 Å². The van der Waals surface area contributed by atoms with E-state index < -0.39 is 0 Å². The molecule has 22 heavy (non-hydrogen) atoms. The van der Waals surface area contributed by atoms with Gasteiger partial charge in [-0.15, -0.1) is 10.2 Å². The van der Waals surface area contributed by atoms with Crippen molar-refractivity contribution in [2.24, 2.45) is 0 Å². The Morgan fingerprint density at radius 3 is 2.77 bits per heavy atom. The molecule has 0 amide bonds. The lowest BCUT2D eigenvalue weighted by Gasteiger charge is -2.04. The summed E-state index contributed by atoms with van der Waals surface area (Å²) >= 11 is 0. The van der Waals surface area contributed by atoms with Gasteiger partial charge in [0.05, 0.1) is 11.1 Å². The number of pyridine rings is 1. The quantitative estimate of drug-likeness (QED) is 0.573. The predicted molar refractivity (Wildman–Crippen MR) is 85.6 cm³/mol. The van der Waals surface area contributed by atoms with Crippen molar-refractivity contribution < 1.29 is 4.42 Å². The van der Waals surface area contributed by atoms with Gasteiger partial charge in [0, 0.05) is 30.4 Å². The number of aromatic nitrogens is 4. The Balaban J connectivity index is 2.01. The molecule has 0 unspecified atom stereocenters. The molecule has 0 N–H and O–H groups in total. The Bertz CT molecular complexity index is 967. The number of aryl methyl sites for hydroxylation is 2. The zero-order chi connectivity index (χ0) is 15.1. The van der Waals surface area contributed by atoms with E-state index in [1.54, 1.807) is 13.1 Å². The van der Waals surface area contributed by atoms with Gasteiger partial charge >= 0.3 is 0 Å². The molecule has 0 saturated carbocycles. The van der Waals surface area contributed by atoms with Crippen molar-refractivity contribution >= 4 is 21.9 Å². The van der Waals surface area contributed by atoms with Crippen LogP contribution in [-0.4, -0.2) is 19.7 Å². The third-order valence-electron chi connectivity index (χ3n) is 3.83. The lowest BCUT2D eigenvalue weighted by Crippen LogP contribution is -1.97. The third-order valence-corrected chi connectivity index (χ3v) is 3.83. The fourth-order valence-corrected chi connectivity index (χ4v) is 2.90. The molecule has 3 aromatic heterocycles. The molecular formula is C17H16N4O. The number of hydrogen-bond acceptors (Lipinski definition) is 4. The maximum Gasteiger partial charge on any atom is 0.249 e. The lowest BCUT2D eigenvalue weighted by atomic mass is 10.1. The molecule has 3 heterocycles. The summed E-state index contributed by atoms with van der Waals surface area (Å²) in [6, 6.07) is 10.5. The largest absolute Gasteiger partial charge is 0.421 e. The number of rotatable bonds is 3. The average molecular weight is 292 g/mol. The standard InChI is InChI=1S/C17H16N4O/c1-3-8-21-15-7-5-4-6-13(15)14-9-12(10-18-16(14)21)17-20-19-11(2)22-17/h4-7,9-10H,3,8H2,1-2H3. The van der Waals surface area contributed by atoms with Crippen molar-refractivity contribution in [2.75, 3.05) is 0 Å². The van der Waals surface area contributed by atoms with Crippen LogP contribution in [0, 0.1) is 6.92 Å². The van der Waals surface area contributed by atoms with E-state index in [0.29, 0.717) is 11.8 Å². The highest BCUT2D eigenvalue weighted by Crippen LogP contribution is 2.30. The Morgan fingerprint density at radius 2 is 2.00 bits per heavy atom. The van der Waals surface area contributed by atoms with Gasteiger partial charge in [-0.2, -0.15) is 0 Å². The maximum atomic E-state index is 5.52. The van der Waals surface area contributed by atoms with E-state index in [4.69, 9.17) is 4.42 Å². The topological polar surface area (TPSA) is 56.7 Å². The highest BCUT2D eigenvalue weighted by molar-refractivity contribution is 6.07. The highest BCUT2D eigenvalue weighted by Gasteiger charge is 2.14. The molecule has 1 aromatic carbocycles. The number of nitrogens with zero attached hydrogens (tertiary/aromatic N) is 4. The normalized spacial score (nSPS) is 11.5. The van der Waals surface area contributed by atoms with Gasteiger partial charge in [0.2, 0.25) is 11.8 Å². The average Bonchev–Trinajstić information content (AvgIpc) is 3.10. The SMILES string of the molecule is CCCn1c2ccccc2c2cc(-c3nnc(C)o3)cnc21. The molecule has 0 spiro atoms. The molecule has 5 heteroatoms. The molecule has 4 rings (SSSR count). The molecule has 0 saturated heterocycles. The van der Waals surface area contributed by atoms with Crippen LogP contribution in [0.15, 0.2) is 40.9 Å². The van der Waals surface area contributed by atoms with Crippen molar-refractivity contribution in [3.8, 4) is 11.5 Å². The minimum atomic E-state index is 0.513. The number of benzene rings is 1. The molecule has 0 fully saturated rings. The fraction of sp³-hybridized carbons (Fsp3) is 0.235. The van der Waals surface area contributed by atoms with E-state index in [0.717, 1.165) is 29.6 Å². The molecule has 4 aromatic rings. The molecule has 0 bridgehead atoms. The highest BCUT2D eigenvalue weighted by atomic mass is 16.4. The van der Waals surface area contributed by atoms with E-state index in [1.807, 2.05) is 0 Å². The third kappa shape index (κ3) is 1.89. The van der Waals surface area contributed by atoms with Crippen LogP contribution in [0.5, 0.6) is 0 Å². The minimum Gasteiger partial charge on any atom is -0.421 e. The second kappa shape index (κ2) is 4.94. The Labute approximate surface area is 127 Å². The van der Waals surface area contributed by atoms with Gasteiger partial charge < -0.3 is 8.98 Å². The number of para-hydroxylation sites is 1. The molecule has 0 aliphatic carbocycles. The smallest absolute Gasteiger partial charge is 0.249 e. The molecule has 0 aliphatic rings. The number of fused-ring (bicyclic) bond motifs is 3. The zero-order valence-corrected chi connectivity index (χ0v) is 12.6. The van der Waals surface area contributed by atoms with Crippen LogP contribution in [0.4, 0.5) is 0 Å². The van der Waals surface area contributed by atoms with Gasteiger partial charge in [-0.1, -0.05) is 25.1 Å². The van der Waals surface area contributed by atoms with Crippen LogP contribution < -0.4 is 0 Å². The summed E-state index contributed by atoms with van der Waals surface area (Å²) in [7, 11) is 0. The van der Waals surface area contributed by atoms with E-state index in [-0.39, 0.29) is 0 Å². The second-order valence-electron chi connectivity index (χ2n) is 5.39. The van der Waals surface area contributed by atoms with Crippen LogP contribution >= 0.6 is 0 Å². The summed E-state index contributed by atoms with van der Waals surface area (Å²) < 4.78 is 7.79. The van der Waals surface area contributed by atoms with Crippen molar-refractivity contribution in [3.63, 3.8) is 0 Å². The van der Waals surface area contributed by atoms with Crippen LogP contribution in [-0.2, 0) is 6.54 Å². The Hall–Kier alpha value is -2.69. The summed E-state index contributed by atoms with van der Waals surface area (Å²) in [6.07, 6.45) is 2.88. The van der Waals surface area contributed by atoms with Crippen molar-refractivity contribution in [3.05, 3.63) is 42.4 Å². The van der Waals surface area contributed by atoms with E-state index in [9.17, 15) is 0 Å². The molecule has 5 nitrogen and oxygen atoms in total. The summed E-state index contributed by atoms with van der Waals surface area (Å²) in [5.41, 5.74) is 3.07. The summed E-state index contributed by atoms with van der Waals surface area (Å²) in [6.45, 7) is 4.92. The summed E-state index contributed by atoms with van der Waals surface area (Å²) in [5, 5.41) is 10.3. The van der Waals surface area contributed by atoms with Crippen LogP contribution in [0.3, 0.4) is 0 Å². The molecule has 0 atom stereocenters. The molecule has 110 valence electrons. The first kappa shape index (κ1) is 13.0. The lowest BCUT2D eigenvalue weighted by molar-refractivity contribution is 0.532. The van der Waals surface area contributed by atoms with Gasteiger partial charge in [0.15, 0.2) is 0 Å². The Morgan fingerprint density at radius 1 is 1.14 bits per heavy atom. The van der Waals surface area contributed by atoms with Gasteiger partial charge in [0.1, 0.15) is 5.65 Å². The first-order valence-corrected chi connectivity index (χ1v) is 7.45. The first-order valence-electron chi connectivity index (χ1n) is 7.45. The van der Waals surface area contributed by atoms with E-state index in [2.05, 4.69) is 57.0 Å². The monoisotopic (exact) mass is 292 g/mol. The van der Waals surface area contributed by atoms with Crippen molar-refractivity contribution in [2.45, 2.75) is 26.8 Å². The zero-order valence-electron chi connectivity index (χ0n) is 12.6. The van der Waals surface area contributed by atoms with Crippen molar-refractivity contribution in [1.29, 1.82) is 0 Å².